The summed E-state index contributed by atoms with van der Waals surface area (Å²) in [6.07, 6.45) is 0. The van der Waals surface area contributed by atoms with Crippen molar-refractivity contribution in [2.45, 2.75) is 6.92 Å². The third-order valence-corrected chi connectivity index (χ3v) is 6.94. The van der Waals surface area contributed by atoms with Gasteiger partial charge in [-0.1, -0.05) is 29.8 Å². The number of methoxy groups -OCH3 is 1. The summed E-state index contributed by atoms with van der Waals surface area (Å²) >= 11 is 6.11. The zero-order chi connectivity index (χ0) is 25.2. The van der Waals surface area contributed by atoms with Crippen molar-refractivity contribution >= 4 is 23.2 Å². The van der Waals surface area contributed by atoms with E-state index < -0.39 is 0 Å². The van der Waals surface area contributed by atoms with Crippen LogP contribution in [0.3, 0.4) is 0 Å². The van der Waals surface area contributed by atoms with Gasteiger partial charge in [-0.05, 0) is 73.2 Å². The minimum atomic E-state index is -0.329. The van der Waals surface area contributed by atoms with Gasteiger partial charge in [-0.15, -0.1) is 0 Å². The second-order valence-corrected chi connectivity index (χ2v) is 9.26. The van der Waals surface area contributed by atoms with Crippen molar-refractivity contribution in [2.24, 2.45) is 0 Å². The van der Waals surface area contributed by atoms with Gasteiger partial charge in [0.25, 0.3) is 5.91 Å². The van der Waals surface area contributed by atoms with Crippen molar-refractivity contribution in [3.8, 4) is 22.7 Å². The normalized spacial score (nSPS) is 13.7. The molecule has 0 saturated carbocycles. The van der Waals surface area contributed by atoms with Crippen molar-refractivity contribution in [1.82, 2.24) is 9.47 Å². The number of carbonyl (C=O) groups is 1. The number of nitrogens with zero attached hydrogens (tertiary/aromatic N) is 3. The van der Waals surface area contributed by atoms with Gasteiger partial charge in [0.15, 0.2) is 0 Å². The van der Waals surface area contributed by atoms with E-state index in [4.69, 9.17) is 16.3 Å². The number of carbonyl (C=O) groups excluding carboxylic acids is 1. The highest BCUT2D eigenvalue weighted by Crippen LogP contribution is 2.32. The van der Waals surface area contributed by atoms with E-state index in [2.05, 4.69) is 4.90 Å². The van der Waals surface area contributed by atoms with Crippen LogP contribution >= 0.6 is 11.6 Å². The van der Waals surface area contributed by atoms with Crippen molar-refractivity contribution in [3.05, 3.63) is 101 Å². The summed E-state index contributed by atoms with van der Waals surface area (Å²) in [4.78, 5) is 17.8. The predicted octanol–water partition coefficient (Wildman–Crippen LogP) is 6.22. The number of benzene rings is 3. The summed E-state index contributed by atoms with van der Waals surface area (Å²) in [5, 5.41) is 0.630. The first-order chi connectivity index (χ1) is 17.4. The molecule has 3 aromatic carbocycles. The number of amides is 1. The Kier molecular flexibility index (Phi) is 6.70. The van der Waals surface area contributed by atoms with Gasteiger partial charge < -0.3 is 19.1 Å². The SMILES string of the molecule is COc1ccc(N2CCN(C(=O)c3cc(-c4ccc(Cl)cc4)n(-c4cccc(F)c4)c3C)CC2)cc1. The second kappa shape index (κ2) is 10.1. The highest BCUT2D eigenvalue weighted by atomic mass is 35.5. The minimum absolute atomic E-state index is 0.0211. The van der Waals surface area contributed by atoms with Gasteiger partial charge in [-0.2, -0.15) is 0 Å². The Morgan fingerprint density at radius 1 is 0.889 bits per heavy atom. The Labute approximate surface area is 215 Å². The zero-order valence-electron chi connectivity index (χ0n) is 20.2. The summed E-state index contributed by atoms with van der Waals surface area (Å²) in [6, 6.07) is 23.7. The third-order valence-electron chi connectivity index (χ3n) is 6.69. The maximum Gasteiger partial charge on any atom is 0.255 e. The lowest BCUT2D eigenvalue weighted by Gasteiger charge is -2.36. The Hall–Kier alpha value is -3.77. The van der Waals surface area contributed by atoms with Crippen molar-refractivity contribution in [3.63, 3.8) is 0 Å². The van der Waals surface area contributed by atoms with Gasteiger partial charge in [-0.3, -0.25) is 4.79 Å². The van der Waals surface area contributed by atoms with Gasteiger partial charge >= 0.3 is 0 Å². The maximum atomic E-state index is 14.1. The molecule has 0 aliphatic carbocycles. The molecule has 1 amide bonds. The molecule has 1 aliphatic heterocycles. The molecule has 4 aromatic rings. The van der Waals surface area contributed by atoms with E-state index in [9.17, 15) is 9.18 Å². The Morgan fingerprint density at radius 3 is 2.22 bits per heavy atom. The summed E-state index contributed by atoms with van der Waals surface area (Å²) in [5.41, 5.74) is 4.88. The summed E-state index contributed by atoms with van der Waals surface area (Å²) in [6.45, 7) is 4.63. The molecule has 0 atom stereocenters. The number of ether oxygens (including phenoxy) is 1. The third kappa shape index (κ3) is 4.69. The second-order valence-electron chi connectivity index (χ2n) is 8.83. The lowest BCUT2D eigenvalue weighted by Crippen LogP contribution is -2.48. The molecule has 5 rings (SSSR count). The monoisotopic (exact) mass is 503 g/mol. The van der Waals surface area contributed by atoms with Crippen LogP contribution in [0.5, 0.6) is 5.75 Å². The molecule has 36 heavy (non-hydrogen) atoms. The van der Waals surface area contributed by atoms with Crippen LogP contribution in [-0.2, 0) is 0 Å². The number of piperazine rings is 1. The summed E-state index contributed by atoms with van der Waals surface area (Å²) in [5.74, 6) is 0.472. The molecule has 1 fully saturated rings. The maximum absolute atomic E-state index is 14.1. The fraction of sp³-hybridized carbons (Fsp3) is 0.207. The standard InChI is InChI=1S/C29H27ClFN3O2/c1-20-27(29(35)33-16-14-32(15-17-33)24-10-12-26(36-2)13-11-24)19-28(21-6-8-22(30)9-7-21)34(20)25-5-3-4-23(31)18-25/h3-13,18-19H,14-17H2,1-2H3. The number of rotatable bonds is 5. The van der Waals surface area contributed by atoms with Crippen LogP contribution in [0.25, 0.3) is 16.9 Å². The number of hydrogen-bond donors (Lipinski definition) is 0. The molecule has 0 spiro atoms. The molecule has 1 aromatic heterocycles. The molecule has 0 bridgehead atoms. The molecule has 5 nitrogen and oxygen atoms in total. The van der Waals surface area contributed by atoms with Gasteiger partial charge in [0.2, 0.25) is 0 Å². The lowest BCUT2D eigenvalue weighted by atomic mass is 10.1. The van der Waals surface area contributed by atoms with Gasteiger partial charge in [-0.25, -0.2) is 4.39 Å². The number of anilines is 1. The first kappa shape index (κ1) is 23.9. The van der Waals surface area contributed by atoms with Gasteiger partial charge in [0.1, 0.15) is 11.6 Å². The fourth-order valence-corrected chi connectivity index (χ4v) is 4.86. The average molecular weight is 504 g/mol. The van der Waals surface area contributed by atoms with Crippen LogP contribution in [0.2, 0.25) is 5.02 Å². The largest absolute Gasteiger partial charge is 0.497 e. The quantitative estimate of drug-likeness (QED) is 0.324. The fourth-order valence-electron chi connectivity index (χ4n) is 4.74. The van der Waals surface area contributed by atoms with Crippen molar-refractivity contribution in [1.29, 1.82) is 0 Å². The van der Waals surface area contributed by atoms with Crippen LogP contribution in [0.1, 0.15) is 16.1 Å². The minimum Gasteiger partial charge on any atom is -0.497 e. The van der Waals surface area contributed by atoms with E-state index in [1.54, 1.807) is 13.2 Å². The van der Waals surface area contributed by atoms with Crippen LogP contribution in [-0.4, -0.2) is 48.7 Å². The highest BCUT2D eigenvalue weighted by Gasteiger charge is 2.27. The van der Waals surface area contributed by atoms with Crippen molar-refractivity contribution in [2.75, 3.05) is 38.2 Å². The molecule has 1 saturated heterocycles. The van der Waals surface area contributed by atoms with Crippen LogP contribution < -0.4 is 9.64 Å². The first-order valence-electron chi connectivity index (χ1n) is 11.9. The van der Waals surface area contributed by atoms with E-state index in [1.165, 1.54) is 12.1 Å². The molecule has 7 heteroatoms. The first-order valence-corrected chi connectivity index (χ1v) is 12.2. The molecule has 0 unspecified atom stereocenters. The summed E-state index contributed by atoms with van der Waals surface area (Å²) < 4.78 is 21.3. The van der Waals surface area contributed by atoms with E-state index in [1.807, 2.05) is 77.1 Å². The van der Waals surface area contributed by atoms with Crippen LogP contribution in [0.15, 0.2) is 78.9 Å². The van der Waals surface area contributed by atoms with Gasteiger partial charge in [0, 0.05) is 48.3 Å². The Bertz CT molecular complexity index is 1370. The number of hydrogen-bond acceptors (Lipinski definition) is 3. The van der Waals surface area contributed by atoms with E-state index in [0.29, 0.717) is 29.4 Å². The van der Waals surface area contributed by atoms with Gasteiger partial charge in [0.05, 0.1) is 18.4 Å². The molecular formula is C29H27ClFN3O2. The lowest BCUT2D eigenvalue weighted by molar-refractivity contribution is 0.0746. The van der Waals surface area contributed by atoms with Crippen LogP contribution in [0, 0.1) is 12.7 Å². The Balaban J connectivity index is 1.43. The molecule has 2 heterocycles. The highest BCUT2D eigenvalue weighted by molar-refractivity contribution is 6.30. The predicted molar refractivity (Wildman–Crippen MR) is 142 cm³/mol. The number of aromatic nitrogens is 1. The molecule has 0 N–H and O–H groups in total. The molecule has 184 valence electrons. The Morgan fingerprint density at radius 2 is 1.58 bits per heavy atom. The number of halogens is 2. The van der Waals surface area contributed by atoms with Crippen molar-refractivity contribution < 1.29 is 13.9 Å². The van der Waals surface area contributed by atoms with E-state index in [-0.39, 0.29) is 11.7 Å². The van der Waals surface area contributed by atoms with Crippen LogP contribution in [0.4, 0.5) is 10.1 Å². The van der Waals surface area contributed by atoms with E-state index in [0.717, 1.165) is 41.5 Å². The average Bonchev–Trinajstić information content (AvgIpc) is 3.25. The molecule has 1 aliphatic rings. The zero-order valence-corrected chi connectivity index (χ0v) is 21.0. The topological polar surface area (TPSA) is 37.7 Å². The molecular weight excluding hydrogens is 477 g/mol. The smallest absolute Gasteiger partial charge is 0.255 e. The molecule has 0 radical (unpaired) electrons. The van der Waals surface area contributed by atoms with E-state index >= 15 is 0 Å². The summed E-state index contributed by atoms with van der Waals surface area (Å²) in [7, 11) is 1.65.